The maximum atomic E-state index is 13.4. The summed E-state index contributed by atoms with van der Waals surface area (Å²) in [7, 11) is 3.65. The Hall–Kier alpha value is -3.03. The summed E-state index contributed by atoms with van der Waals surface area (Å²) in [4.78, 5) is 37.7. The number of carbonyl (C=O) groups excluding carboxylic acids is 2. The van der Waals surface area contributed by atoms with Crippen LogP contribution in [0.5, 0.6) is 0 Å². The Morgan fingerprint density at radius 3 is 2.61 bits per heavy atom. The Morgan fingerprint density at radius 1 is 1.19 bits per heavy atom. The molecule has 2 aliphatic heterocycles. The largest absolute Gasteiger partial charge is 0.373 e. The molecule has 0 bridgehead atoms. The molecule has 1 N–H and O–H groups in total. The first kappa shape index (κ1) is 21.2. The monoisotopic (exact) mass is 425 g/mol. The first-order valence-corrected chi connectivity index (χ1v) is 10.8. The predicted molar refractivity (Wildman–Crippen MR) is 115 cm³/mol. The first-order chi connectivity index (χ1) is 14.9. The molecule has 164 valence electrons. The minimum Gasteiger partial charge on any atom is -0.373 e. The van der Waals surface area contributed by atoms with Gasteiger partial charge in [-0.05, 0) is 30.5 Å². The summed E-state index contributed by atoms with van der Waals surface area (Å²) in [5.74, 6) is 1.62. The molecule has 2 amide bonds. The highest BCUT2D eigenvalue weighted by Crippen LogP contribution is 2.31. The molecule has 7 nitrogen and oxygen atoms in total. The van der Waals surface area contributed by atoms with Crippen LogP contribution < -0.4 is 5.32 Å². The molecule has 1 aromatic heterocycles. The van der Waals surface area contributed by atoms with Gasteiger partial charge in [0.25, 0.3) is 0 Å². The van der Waals surface area contributed by atoms with Crippen LogP contribution in [0.4, 0.5) is 10.2 Å². The number of rotatable bonds is 5. The second kappa shape index (κ2) is 8.99. The third-order valence-electron chi connectivity index (χ3n) is 6.24. The SMILES string of the molecule is CNc1cc(C2CC(=O)N(C)C2)nc(C2CCN(C(=O)Cc3cccc(F)c3)CC2)n1. The van der Waals surface area contributed by atoms with Gasteiger partial charge in [-0.25, -0.2) is 14.4 Å². The summed E-state index contributed by atoms with van der Waals surface area (Å²) in [6.07, 6.45) is 2.25. The van der Waals surface area contributed by atoms with Crippen molar-refractivity contribution in [3.8, 4) is 0 Å². The van der Waals surface area contributed by atoms with Crippen molar-refractivity contribution in [2.45, 2.75) is 37.5 Å². The van der Waals surface area contributed by atoms with E-state index in [1.807, 2.05) is 25.1 Å². The van der Waals surface area contributed by atoms with Crippen molar-refractivity contribution < 1.29 is 14.0 Å². The molecule has 1 unspecified atom stereocenters. The number of amides is 2. The fourth-order valence-electron chi connectivity index (χ4n) is 4.39. The smallest absolute Gasteiger partial charge is 0.226 e. The highest BCUT2D eigenvalue weighted by molar-refractivity contribution is 5.79. The number of carbonyl (C=O) groups is 2. The van der Waals surface area contributed by atoms with E-state index in [9.17, 15) is 14.0 Å². The van der Waals surface area contributed by atoms with Crippen LogP contribution in [-0.2, 0) is 16.0 Å². The fraction of sp³-hybridized carbons (Fsp3) is 0.478. The number of likely N-dealkylation sites (N-methyl/N-ethyl adjacent to an activating group) is 1. The van der Waals surface area contributed by atoms with E-state index in [1.54, 1.807) is 17.0 Å². The third-order valence-corrected chi connectivity index (χ3v) is 6.24. The van der Waals surface area contributed by atoms with Gasteiger partial charge < -0.3 is 15.1 Å². The number of aromatic nitrogens is 2. The number of anilines is 1. The Morgan fingerprint density at radius 2 is 1.97 bits per heavy atom. The van der Waals surface area contributed by atoms with E-state index >= 15 is 0 Å². The maximum absolute atomic E-state index is 13.4. The van der Waals surface area contributed by atoms with Crippen molar-refractivity contribution in [3.05, 3.63) is 53.2 Å². The van der Waals surface area contributed by atoms with Gasteiger partial charge in [0.2, 0.25) is 11.8 Å². The Labute approximate surface area is 181 Å². The van der Waals surface area contributed by atoms with Crippen molar-refractivity contribution in [3.63, 3.8) is 0 Å². The van der Waals surface area contributed by atoms with Crippen LogP contribution in [-0.4, -0.2) is 65.3 Å². The lowest BCUT2D eigenvalue weighted by molar-refractivity contribution is -0.131. The number of nitrogens with one attached hydrogen (secondary N) is 1. The van der Waals surface area contributed by atoms with Crippen molar-refractivity contribution in [2.75, 3.05) is 39.0 Å². The highest BCUT2D eigenvalue weighted by atomic mass is 19.1. The number of nitrogens with zero attached hydrogens (tertiary/aromatic N) is 4. The molecule has 0 radical (unpaired) electrons. The molecule has 2 fully saturated rings. The van der Waals surface area contributed by atoms with Gasteiger partial charge in [0.05, 0.1) is 12.1 Å². The van der Waals surface area contributed by atoms with Gasteiger partial charge >= 0.3 is 0 Å². The maximum Gasteiger partial charge on any atom is 0.226 e. The molecule has 2 aliphatic rings. The summed E-state index contributed by atoms with van der Waals surface area (Å²) in [6.45, 7) is 1.93. The second-order valence-electron chi connectivity index (χ2n) is 8.42. The molecule has 31 heavy (non-hydrogen) atoms. The van der Waals surface area contributed by atoms with Gasteiger partial charge in [0.1, 0.15) is 17.5 Å². The van der Waals surface area contributed by atoms with Crippen LogP contribution in [0.25, 0.3) is 0 Å². The van der Waals surface area contributed by atoms with Crippen LogP contribution >= 0.6 is 0 Å². The van der Waals surface area contributed by atoms with E-state index in [0.29, 0.717) is 31.6 Å². The van der Waals surface area contributed by atoms with Crippen molar-refractivity contribution in [1.82, 2.24) is 19.8 Å². The average Bonchev–Trinajstić information content (AvgIpc) is 3.12. The van der Waals surface area contributed by atoms with E-state index in [4.69, 9.17) is 4.98 Å². The van der Waals surface area contributed by atoms with Crippen molar-refractivity contribution in [1.29, 1.82) is 0 Å². The highest BCUT2D eigenvalue weighted by Gasteiger charge is 2.31. The Kier molecular flexibility index (Phi) is 6.15. The molecule has 2 saturated heterocycles. The van der Waals surface area contributed by atoms with Crippen LogP contribution in [0.1, 0.15) is 48.2 Å². The Balaban J connectivity index is 1.41. The third kappa shape index (κ3) is 4.84. The van der Waals surface area contributed by atoms with Gasteiger partial charge in [-0.1, -0.05) is 12.1 Å². The van der Waals surface area contributed by atoms with Crippen LogP contribution in [0, 0.1) is 5.82 Å². The molecule has 1 aromatic carbocycles. The lowest BCUT2D eigenvalue weighted by atomic mass is 9.94. The predicted octanol–water partition coefficient (Wildman–Crippen LogP) is 2.55. The normalized spacial score (nSPS) is 19.7. The molecular weight excluding hydrogens is 397 g/mol. The standard InChI is InChI=1S/C23H28FN5O2/c1-25-20-13-19(17-12-21(30)28(2)14-17)26-23(27-20)16-6-8-29(9-7-16)22(31)11-15-4-3-5-18(24)10-15/h3-5,10,13,16-17H,6-9,11-12,14H2,1-2H3,(H,25,26,27). The summed E-state index contributed by atoms with van der Waals surface area (Å²) >= 11 is 0. The Bertz CT molecular complexity index is 974. The average molecular weight is 426 g/mol. The number of likely N-dealkylation sites (tertiary alicyclic amines) is 2. The minimum atomic E-state index is -0.323. The van der Waals surface area contributed by atoms with Crippen molar-refractivity contribution in [2.24, 2.45) is 0 Å². The quantitative estimate of drug-likeness (QED) is 0.797. The summed E-state index contributed by atoms with van der Waals surface area (Å²) in [5.41, 5.74) is 1.59. The van der Waals surface area contributed by atoms with Gasteiger partial charge in [0.15, 0.2) is 0 Å². The number of piperidine rings is 1. The number of halogens is 1. The van der Waals surface area contributed by atoms with E-state index in [2.05, 4.69) is 10.3 Å². The number of hydrogen-bond donors (Lipinski definition) is 1. The summed E-state index contributed by atoms with van der Waals surface area (Å²) in [6, 6.07) is 8.13. The number of hydrogen-bond acceptors (Lipinski definition) is 5. The van der Waals surface area contributed by atoms with E-state index in [1.165, 1.54) is 12.1 Å². The zero-order valence-electron chi connectivity index (χ0n) is 18.0. The van der Waals surface area contributed by atoms with Gasteiger partial charge in [-0.3, -0.25) is 9.59 Å². The lowest BCUT2D eigenvalue weighted by Gasteiger charge is -2.31. The van der Waals surface area contributed by atoms with Gasteiger partial charge in [-0.2, -0.15) is 0 Å². The summed E-state index contributed by atoms with van der Waals surface area (Å²) in [5, 5.41) is 3.11. The van der Waals surface area contributed by atoms with E-state index in [0.717, 1.165) is 30.2 Å². The molecule has 1 atom stereocenters. The molecule has 0 saturated carbocycles. The zero-order chi connectivity index (χ0) is 22.0. The van der Waals surface area contributed by atoms with E-state index < -0.39 is 0 Å². The zero-order valence-corrected chi connectivity index (χ0v) is 18.0. The van der Waals surface area contributed by atoms with Crippen molar-refractivity contribution >= 4 is 17.6 Å². The minimum absolute atomic E-state index is 0.0159. The topological polar surface area (TPSA) is 78.4 Å². The number of benzene rings is 1. The molecule has 0 aliphatic carbocycles. The molecular formula is C23H28FN5O2. The lowest BCUT2D eigenvalue weighted by Crippen LogP contribution is -2.39. The second-order valence-corrected chi connectivity index (χ2v) is 8.42. The molecule has 2 aromatic rings. The van der Waals surface area contributed by atoms with E-state index in [-0.39, 0.29) is 35.9 Å². The van der Waals surface area contributed by atoms with Crippen LogP contribution in [0.2, 0.25) is 0 Å². The molecule has 8 heteroatoms. The van der Waals surface area contributed by atoms with Crippen LogP contribution in [0.15, 0.2) is 30.3 Å². The van der Waals surface area contributed by atoms with Crippen LogP contribution in [0.3, 0.4) is 0 Å². The molecule has 0 spiro atoms. The fourth-order valence-corrected chi connectivity index (χ4v) is 4.39. The summed E-state index contributed by atoms with van der Waals surface area (Å²) < 4.78 is 13.4. The first-order valence-electron chi connectivity index (χ1n) is 10.8. The van der Waals surface area contributed by atoms with Gasteiger partial charge in [-0.15, -0.1) is 0 Å². The molecule has 3 heterocycles. The van der Waals surface area contributed by atoms with Gasteiger partial charge in [0, 0.05) is 58.1 Å². The molecule has 4 rings (SSSR count).